The molecule has 3 aromatic carbocycles. The van der Waals surface area contributed by atoms with Crippen LogP contribution in [0.2, 0.25) is 0 Å². The number of para-hydroxylation sites is 1. The predicted molar refractivity (Wildman–Crippen MR) is 138 cm³/mol. The molecule has 190 valence electrons. The standard InChI is InChI=1S/C28H27N3O6/c1-5-36-26(32)23-11-8-12-24(31(34)35)25(23)30(27(33)37-28(2,3)4)18-19-13-15-20(16-14-19)22-10-7-6-9-21(22)17-29/h6-16H,5,18H2,1-4H3. The molecule has 0 N–H and O–H groups in total. The van der Waals surface area contributed by atoms with Gasteiger partial charge in [-0.3, -0.25) is 15.0 Å². The number of nitrogens with zero attached hydrogens (tertiary/aromatic N) is 3. The number of nitro groups is 1. The van der Waals surface area contributed by atoms with Crippen molar-refractivity contribution < 1.29 is 24.0 Å². The Morgan fingerprint density at radius 2 is 1.70 bits per heavy atom. The zero-order valence-corrected chi connectivity index (χ0v) is 21.1. The number of hydrogen-bond donors (Lipinski definition) is 0. The van der Waals surface area contributed by atoms with Crippen LogP contribution in [-0.2, 0) is 16.0 Å². The summed E-state index contributed by atoms with van der Waals surface area (Å²) in [5, 5.41) is 21.3. The van der Waals surface area contributed by atoms with Crippen LogP contribution in [-0.4, -0.2) is 29.2 Å². The lowest BCUT2D eigenvalue weighted by molar-refractivity contribution is -0.384. The first-order valence-corrected chi connectivity index (χ1v) is 11.6. The fourth-order valence-corrected chi connectivity index (χ4v) is 3.69. The molecule has 0 fully saturated rings. The first kappa shape index (κ1) is 26.9. The van der Waals surface area contributed by atoms with Gasteiger partial charge in [-0.25, -0.2) is 9.59 Å². The van der Waals surface area contributed by atoms with Gasteiger partial charge >= 0.3 is 12.1 Å². The van der Waals surface area contributed by atoms with Gasteiger partial charge < -0.3 is 9.47 Å². The van der Waals surface area contributed by atoms with Crippen molar-refractivity contribution in [2.45, 2.75) is 39.8 Å². The van der Waals surface area contributed by atoms with Crippen LogP contribution in [0.3, 0.4) is 0 Å². The van der Waals surface area contributed by atoms with Crippen LogP contribution in [0.1, 0.15) is 49.2 Å². The van der Waals surface area contributed by atoms with Crippen LogP contribution in [0.4, 0.5) is 16.2 Å². The predicted octanol–water partition coefficient (Wildman–Crippen LogP) is 6.25. The lowest BCUT2D eigenvalue weighted by Crippen LogP contribution is -2.37. The Kier molecular flexibility index (Phi) is 8.25. The number of ether oxygens (including phenoxy) is 2. The molecule has 3 rings (SSSR count). The maximum Gasteiger partial charge on any atom is 0.415 e. The summed E-state index contributed by atoms with van der Waals surface area (Å²) in [4.78, 5) is 38.4. The smallest absolute Gasteiger partial charge is 0.415 e. The molecule has 9 nitrogen and oxygen atoms in total. The van der Waals surface area contributed by atoms with Gasteiger partial charge in [-0.15, -0.1) is 0 Å². The molecule has 0 atom stereocenters. The molecule has 0 bridgehead atoms. The average Bonchev–Trinajstić information content (AvgIpc) is 2.86. The molecule has 0 saturated carbocycles. The van der Waals surface area contributed by atoms with Crippen molar-refractivity contribution in [3.63, 3.8) is 0 Å². The van der Waals surface area contributed by atoms with E-state index < -0.39 is 28.3 Å². The highest BCUT2D eigenvalue weighted by atomic mass is 16.6. The van der Waals surface area contributed by atoms with Crippen molar-refractivity contribution in [2.75, 3.05) is 11.5 Å². The zero-order valence-electron chi connectivity index (χ0n) is 21.1. The van der Waals surface area contributed by atoms with Gasteiger partial charge in [-0.2, -0.15) is 5.26 Å². The quantitative estimate of drug-likeness (QED) is 0.213. The maximum atomic E-state index is 13.3. The molecule has 0 unspecified atom stereocenters. The minimum absolute atomic E-state index is 0.0546. The van der Waals surface area contributed by atoms with E-state index in [-0.39, 0.29) is 24.4 Å². The number of anilines is 1. The number of carbonyl (C=O) groups is 2. The topological polar surface area (TPSA) is 123 Å². The number of carbonyl (C=O) groups excluding carboxylic acids is 2. The maximum absolute atomic E-state index is 13.3. The highest BCUT2D eigenvalue weighted by Crippen LogP contribution is 2.35. The van der Waals surface area contributed by atoms with Crippen LogP contribution in [0.25, 0.3) is 11.1 Å². The molecule has 0 saturated heterocycles. The molecule has 0 spiro atoms. The minimum atomic E-state index is -0.895. The summed E-state index contributed by atoms with van der Waals surface area (Å²) in [6.45, 7) is 6.58. The van der Waals surface area contributed by atoms with E-state index in [1.165, 1.54) is 18.2 Å². The summed E-state index contributed by atoms with van der Waals surface area (Å²) in [6.07, 6.45) is -0.855. The third kappa shape index (κ3) is 6.49. The van der Waals surface area contributed by atoms with Crippen molar-refractivity contribution in [1.29, 1.82) is 5.26 Å². The average molecular weight is 502 g/mol. The Balaban J connectivity index is 2.10. The fraction of sp³-hybridized carbons (Fsp3) is 0.250. The highest BCUT2D eigenvalue weighted by molar-refractivity contribution is 6.03. The summed E-state index contributed by atoms with van der Waals surface area (Å²) in [7, 11) is 0. The van der Waals surface area contributed by atoms with E-state index in [0.29, 0.717) is 11.1 Å². The summed E-state index contributed by atoms with van der Waals surface area (Å²) in [6, 6.07) is 20.4. The van der Waals surface area contributed by atoms with E-state index in [1.54, 1.807) is 64.1 Å². The number of nitriles is 1. The van der Waals surface area contributed by atoms with Crippen LogP contribution in [0.5, 0.6) is 0 Å². The molecule has 0 aliphatic carbocycles. The Morgan fingerprint density at radius 3 is 2.30 bits per heavy atom. The van der Waals surface area contributed by atoms with E-state index in [4.69, 9.17) is 9.47 Å². The van der Waals surface area contributed by atoms with Crippen LogP contribution >= 0.6 is 0 Å². The van der Waals surface area contributed by atoms with Gasteiger partial charge in [-0.05, 0) is 56.5 Å². The Bertz CT molecular complexity index is 1350. The summed E-state index contributed by atoms with van der Waals surface area (Å²) in [5.74, 6) is -0.793. The molecule has 37 heavy (non-hydrogen) atoms. The second-order valence-electron chi connectivity index (χ2n) is 9.07. The highest BCUT2D eigenvalue weighted by Gasteiger charge is 2.33. The van der Waals surface area contributed by atoms with E-state index >= 15 is 0 Å². The van der Waals surface area contributed by atoms with E-state index in [9.17, 15) is 25.0 Å². The summed E-state index contributed by atoms with van der Waals surface area (Å²) >= 11 is 0. The second-order valence-corrected chi connectivity index (χ2v) is 9.07. The number of amides is 1. The van der Waals surface area contributed by atoms with Crippen molar-refractivity contribution >= 4 is 23.4 Å². The van der Waals surface area contributed by atoms with Crippen molar-refractivity contribution in [3.8, 4) is 17.2 Å². The van der Waals surface area contributed by atoms with Crippen LogP contribution in [0.15, 0.2) is 66.7 Å². The van der Waals surface area contributed by atoms with Crippen LogP contribution in [0, 0.1) is 21.4 Å². The summed E-state index contributed by atoms with van der Waals surface area (Å²) in [5.41, 5.74) is 1.03. The first-order chi connectivity index (χ1) is 17.6. The molecular formula is C28H27N3O6. The molecular weight excluding hydrogens is 474 g/mol. The largest absolute Gasteiger partial charge is 0.462 e. The van der Waals surface area contributed by atoms with Crippen molar-refractivity contribution in [1.82, 2.24) is 0 Å². The van der Waals surface area contributed by atoms with Gasteiger partial charge in [0.2, 0.25) is 0 Å². The number of benzene rings is 3. The van der Waals surface area contributed by atoms with Gasteiger partial charge in [0.25, 0.3) is 5.69 Å². The van der Waals surface area contributed by atoms with E-state index in [0.717, 1.165) is 16.0 Å². The SMILES string of the molecule is CCOC(=O)c1cccc([N+](=O)[O-])c1N(Cc1ccc(-c2ccccc2C#N)cc1)C(=O)OC(C)(C)C. The lowest BCUT2D eigenvalue weighted by atomic mass is 9.99. The van der Waals surface area contributed by atoms with Gasteiger partial charge in [0.15, 0.2) is 0 Å². The zero-order chi connectivity index (χ0) is 27.2. The van der Waals surface area contributed by atoms with E-state index in [2.05, 4.69) is 6.07 Å². The van der Waals surface area contributed by atoms with Crippen molar-refractivity contribution in [3.05, 3.63) is 93.5 Å². The molecule has 1 amide bonds. The molecule has 0 aliphatic heterocycles. The molecule has 9 heteroatoms. The van der Waals surface area contributed by atoms with Gasteiger partial charge in [0.05, 0.1) is 35.3 Å². The Hall–Kier alpha value is -4.71. The number of rotatable bonds is 7. The van der Waals surface area contributed by atoms with E-state index in [1.807, 2.05) is 12.1 Å². The molecule has 0 aliphatic rings. The molecule has 3 aromatic rings. The van der Waals surface area contributed by atoms with Crippen LogP contribution < -0.4 is 4.90 Å². The third-order valence-electron chi connectivity index (χ3n) is 5.24. The van der Waals surface area contributed by atoms with Gasteiger partial charge in [0.1, 0.15) is 11.3 Å². The Labute approximate surface area is 215 Å². The molecule has 0 heterocycles. The molecule has 0 radical (unpaired) electrons. The number of nitro benzene ring substituents is 1. The molecule has 0 aromatic heterocycles. The Morgan fingerprint density at radius 1 is 1.03 bits per heavy atom. The normalized spacial score (nSPS) is 10.8. The fourth-order valence-electron chi connectivity index (χ4n) is 3.69. The van der Waals surface area contributed by atoms with Gasteiger partial charge in [-0.1, -0.05) is 48.5 Å². The second kappa shape index (κ2) is 11.4. The first-order valence-electron chi connectivity index (χ1n) is 11.6. The minimum Gasteiger partial charge on any atom is -0.462 e. The lowest BCUT2D eigenvalue weighted by Gasteiger charge is -2.28. The third-order valence-corrected chi connectivity index (χ3v) is 5.24. The van der Waals surface area contributed by atoms with Gasteiger partial charge in [0, 0.05) is 6.07 Å². The van der Waals surface area contributed by atoms with Crippen molar-refractivity contribution in [2.24, 2.45) is 0 Å². The number of esters is 1. The number of hydrogen-bond acceptors (Lipinski definition) is 7. The summed E-state index contributed by atoms with van der Waals surface area (Å²) < 4.78 is 10.7. The monoisotopic (exact) mass is 501 g/mol.